The second-order valence-electron chi connectivity index (χ2n) is 10.5. The van der Waals surface area contributed by atoms with E-state index in [-0.39, 0.29) is 38.5 Å². The van der Waals surface area contributed by atoms with E-state index in [0.29, 0.717) is 18.7 Å². The number of ether oxygens (including phenoxy) is 2. The Morgan fingerprint density at radius 2 is 2.11 bits per heavy atom. The summed E-state index contributed by atoms with van der Waals surface area (Å²) in [6.07, 6.45) is 4.80. The number of fused-ring (bicyclic) bond motifs is 4. The van der Waals surface area contributed by atoms with Crippen LogP contribution in [0.4, 0.5) is 4.79 Å². The number of aromatic nitrogens is 3. The van der Waals surface area contributed by atoms with Crippen LogP contribution in [0.5, 0.6) is 0 Å². The monoisotopic (exact) mass is 532 g/mol. The van der Waals surface area contributed by atoms with Crippen molar-refractivity contribution in [1.29, 1.82) is 0 Å². The number of amides is 3. The molecule has 4 bridgehead atoms. The zero-order valence-corrected chi connectivity index (χ0v) is 21.8. The summed E-state index contributed by atoms with van der Waals surface area (Å²) in [5, 5.41) is 23.3. The van der Waals surface area contributed by atoms with E-state index in [4.69, 9.17) is 9.47 Å². The number of aliphatic carboxylic acids is 1. The minimum atomic E-state index is -1.43. The van der Waals surface area contributed by atoms with Crippen LogP contribution in [-0.2, 0) is 37.0 Å². The highest BCUT2D eigenvalue weighted by atomic mass is 16.5. The summed E-state index contributed by atoms with van der Waals surface area (Å²) in [4.78, 5) is 52.9. The molecule has 1 aromatic rings. The van der Waals surface area contributed by atoms with E-state index in [9.17, 15) is 24.3 Å². The van der Waals surface area contributed by atoms with E-state index >= 15 is 0 Å². The number of nitrogens with one attached hydrogen (secondary N) is 2. The van der Waals surface area contributed by atoms with E-state index in [2.05, 4.69) is 27.5 Å². The van der Waals surface area contributed by atoms with Gasteiger partial charge in [0.25, 0.3) is 0 Å². The highest BCUT2D eigenvalue weighted by Crippen LogP contribution is 2.45. The minimum absolute atomic E-state index is 0.0932. The molecule has 2 aliphatic heterocycles. The average Bonchev–Trinajstić information content (AvgIpc) is 3.19. The number of aryl methyl sites for hydroxylation is 1. The molecule has 1 saturated heterocycles. The quantitative estimate of drug-likeness (QED) is 0.466. The lowest BCUT2D eigenvalue weighted by molar-refractivity contribution is -0.145. The molecule has 0 aromatic carbocycles. The van der Waals surface area contributed by atoms with Crippen molar-refractivity contribution in [2.75, 3.05) is 13.2 Å². The van der Waals surface area contributed by atoms with Crippen LogP contribution < -0.4 is 10.6 Å². The first-order valence-electron chi connectivity index (χ1n) is 13.1. The Morgan fingerprint density at radius 1 is 1.32 bits per heavy atom. The normalized spacial score (nSPS) is 30.6. The van der Waals surface area contributed by atoms with Gasteiger partial charge in [0.1, 0.15) is 23.3 Å². The summed E-state index contributed by atoms with van der Waals surface area (Å²) in [6, 6.07) is -1.92. The summed E-state index contributed by atoms with van der Waals surface area (Å²) in [6.45, 7) is 8.34. The maximum absolute atomic E-state index is 13.7. The summed E-state index contributed by atoms with van der Waals surface area (Å²) in [5.74, 6) is -2.89. The van der Waals surface area contributed by atoms with Gasteiger partial charge in [-0.3, -0.25) is 14.3 Å². The molecule has 4 rings (SSSR count). The van der Waals surface area contributed by atoms with Crippen LogP contribution in [0.15, 0.2) is 18.9 Å². The number of hydrogen-bond donors (Lipinski definition) is 3. The molecule has 13 heteroatoms. The molecule has 3 N–H and O–H groups in total. The van der Waals surface area contributed by atoms with Crippen molar-refractivity contribution in [3.63, 3.8) is 0 Å². The Hall–Kier alpha value is -3.48. The first-order valence-corrected chi connectivity index (χ1v) is 13.1. The van der Waals surface area contributed by atoms with Crippen LogP contribution in [0.25, 0.3) is 0 Å². The summed E-state index contributed by atoms with van der Waals surface area (Å²) in [7, 11) is 0. The van der Waals surface area contributed by atoms with Crippen LogP contribution in [0.2, 0.25) is 0 Å². The van der Waals surface area contributed by atoms with Crippen molar-refractivity contribution in [2.24, 2.45) is 11.8 Å². The maximum Gasteiger partial charge on any atom is 0.407 e. The van der Waals surface area contributed by atoms with Gasteiger partial charge in [-0.25, -0.2) is 9.59 Å². The molecule has 2 fully saturated rings. The molecule has 38 heavy (non-hydrogen) atoms. The standard InChI is InChI=1S/C25H36N6O7/c1-4-16-11-25(16,23(34)35)27-21(32)19-10-18-13-31(19)22(33)20(15(2)3)26-24(36)37-9-7-5-6-8-30-12-17(14-38-18)28-29-30/h4,12,15-16,18-20H,1,5-11,13-14H2,2-3H3,(H,26,36)(H,27,32)(H,34,35)/t16-,18+,19-,20-,25+/m0/s1. The number of alkyl carbamates (subject to hydrolysis) is 1. The van der Waals surface area contributed by atoms with Gasteiger partial charge in [0, 0.05) is 25.4 Å². The lowest BCUT2D eigenvalue weighted by Gasteiger charge is -2.30. The lowest BCUT2D eigenvalue weighted by Crippen LogP contribution is -2.57. The van der Waals surface area contributed by atoms with Crippen molar-refractivity contribution in [3.8, 4) is 0 Å². The molecule has 3 aliphatic rings. The van der Waals surface area contributed by atoms with Crippen molar-refractivity contribution >= 4 is 23.9 Å². The molecule has 1 aliphatic carbocycles. The molecule has 0 spiro atoms. The second kappa shape index (κ2) is 11.5. The lowest BCUT2D eigenvalue weighted by atomic mass is 10.0. The summed E-state index contributed by atoms with van der Waals surface area (Å²) < 4.78 is 13.0. The molecule has 3 heterocycles. The first-order chi connectivity index (χ1) is 18.1. The van der Waals surface area contributed by atoms with Crippen molar-refractivity contribution in [1.82, 2.24) is 30.5 Å². The van der Waals surface area contributed by atoms with E-state index in [1.165, 1.54) is 11.0 Å². The zero-order valence-electron chi connectivity index (χ0n) is 21.8. The molecule has 5 atom stereocenters. The van der Waals surface area contributed by atoms with E-state index in [0.717, 1.165) is 12.8 Å². The van der Waals surface area contributed by atoms with Gasteiger partial charge < -0.3 is 30.1 Å². The number of carboxylic acid groups (broad SMARTS) is 1. The smallest absolute Gasteiger partial charge is 0.407 e. The predicted molar refractivity (Wildman–Crippen MR) is 132 cm³/mol. The predicted octanol–water partition coefficient (Wildman–Crippen LogP) is 0.844. The number of rotatable bonds is 5. The SMILES string of the molecule is C=C[C@H]1C[C@]1(NC(=O)[C@@H]1C[C@@H]2CN1C(=O)[C@H](C(C)C)NC(=O)OCCCCCn1cc(nn1)CO2)C(=O)O. The van der Waals surface area contributed by atoms with Gasteiger partial charge in [0.15, 0.2) is 0 Å². The van der Waals surface area contributed by atoms with Gasteiger partial charge in [0.05, 0.1) is 25.5 Å². The van der Waals surface area contributed by atoms with Gasteiger partial charge in [0.2, 0.25) is 11.8 Å². The molecule has 0 radical (unpaired) electrons. The Morgan fingerprint density at radius 3 is 2.79 bits per heavy atom. The Balaban J connectivity index is 1.56. The second-order valence-corrected chi connectivity index (χ2v) is 10.5. The molecule has 13 nitrogen and oxygen atoms in total. The van der Waals surface area contributed by atoms with Gasteiger partial charge in [-0.15, -0.1) is 11.7 Å². The third kappa shape index (κ3) is 5.98. The highest BCUT2D eigenvalue weighted by molar-refractivity contribution is 5.96. The van der Waals surface area contributed by atoms with Gasteiger partial charge in [-0.2, -0.15) is 0 Å². The van der Waals surface area contributed by atoms with Crippen LogP contribution >= 0.6 is 0 Å². The number of carbonyl (C=O) groups excluding carboxylic acids is 3. The fourth-order valence-corrected chi connectivity index (χ4v) is 5.02. The largest absolute Gasteiger partial charge is 0.479 e. The van der Waals surface area contributed by atoms with Crippen molar-refractivity contribution < 1.29 is 33.8 Å². The Bertz CT molecular complexity index is 1070. The average molecular weight is 533 g/mol. The maximum atomic E-state index is 13.7. The Labute approximate surface area is 220 Å². The van der Waals surface area contributed by atoms with Crippen LogP contribution in [-0.4, -0.2) is 85.8 Å². The number of nitrogens with zero attached hydrogens (tertiary/aromatic N) is 4. The number of carbonyl (C=O) groups is 4. The van der Waals surface area contributed by atoms with Crippen LogP contribution in [0, 0.1) is 11.8 Å². The molecule has 208 valence electrons. The Kier molecular flexibility index (Phi) is 8.34. The number of hydrogen-bond acceptors (Lipinski definition) is 8. The van der Waals surface area contributed by atoms with Crippen LogP contribution in [0.3, 0.4) is 0 Å². The zero-order chi connectivity index (χ0) is 27.4. The molecular formula is C25H36N6O7. The fourth-order valence-electron chi connectivity index (χ4n) is 5.02. The molecule has 1 aromatic heterocycles. The number of carboxylic acids is 1. The van der Waals surface area contributed by atoms with E-state index in [1.54, 1.807) is 24.7 Å². The van der Waals surface area contributed by atoms with Crippen LogP contribution in [0.1, 0.15) is 51.6 Å². The third-order valence-corrected chi connectivity index (χ3v) is 7.40. The third-order valence-electron chi connectivity index (χ3n) is 7.40. The van der Waals surface area contributed by atoms with Crippen molar-refractivity contribution in [3.05, 3.63) is 24.5 Å². The van der Waals surface area contributed by atoms with Gasteiger partial charge in [-0.1, -0.05) is 25.1 Å². The molecule has 1 saturated carbocycles. The minimum Gasteiger partial charge on any atom is -0.479 e. The van der Waals surface area contributed by atoms with Gasteiger partial charge >= 0.3 is 12.1 Å². The highest BCUT2D eigenvalue weighted by Gasteiger charge is 2.61. The summed E-state index contributed by atoms with van der Waals surface area (Å²) in [5.41, 5.74) is -0.805. The topological polar surface area (TPSA) is 165 Å². The first kappa shape index (κ1) is 27.6. The van der Waals surface area contributed by atoms with Gasteiger partial charge in [-0.05, 0) is 31.6 Å². The van der Waals surface area contributed by atoms with Crippen molar-refractivity contribution in [2.45, 2.75) is 82.8 Å². The molecule has 0 unspecified atom stereocenters. The summed E-state index contributed by atoms with van der Waals surface area (Å²) >= 11 is 0. The molecular weight excluding hydrogens is 496 g/mol. The fraction of sp³-hybridized carbons (Fsp3) is 0.680. The van der Waals surface area contributed by atoms with E-state index in [1.807, 2.05) is 0 Å². The molecule has 3 amide bonds. The number of cyclic esters (lactones) is 1. The van der Waals surface area contributed by atoms with E-state index < -0.39 is 53.5 Å².